The number of rotatable bonds is 4. The molecule has 0 atom stereocenters. The number of halogens is 2. The van der Waals surface area contributed by atoms with Gasteiger partial charge in [0.25, 0.3) is 0 Å². The number of nitrogens with zero attached hydrogens (tertiary/aromatic N) is 4. The molecule has 1 amide bonds. The first-order chi connectivity index (χ1) is 14.6. The third-order valence-electron chi connectivity index (χ3n) is 5.63. The molecule has 1 fully saturated rings. The number of nitrogens with one attached hydrogen (secondary N) is 1. The van der Waals surface area contributed by atoms with Crippen LogP contribution >= 0.6 is 35.3 Å². The number of anilines is 1. The molecule has 168 valence electrons. The van der Waals surface area contributed by atoms with Crippen LogP contribution in [0.1, 0.15) is 17.4 Å². The Labute approximate surface area is 204 Å². The van der Waals surface area contributed by atoms with Gasteiger partial charge in [-0.1, -0.05) is 0 Å². The van der Waals surface area contributed by atoms with E-state index in [-0.39, 0.29) is 42.2 Å². The number of hydrogen-bond acceptors (Lipinski definition) is 4. The first kappa shape index (κ1) is 23.8. The molecule has 0 radical (unpaired) electrons. The van der Waals surface area contributed by atoms with Gasteiger partial charge in [-0.3, -0.25) is 4.79 Å². The number of fused-ring (bicyclic) bond motifs is 1. The van der Waals surface area contributed by atoms with E-state index in [1.165, 1.54) is 22.6 Å². The first-order valence-corrected chi connectivity index (χ1v) is 11.4. The lowest BCUT2D eigenvalue weighted by Crippen LogP contribution is -2.52. The second kappa shape index (κ2) is 11.1. The molecular weight excluding hydrogens is 528 g/mol. The van der Waals surface area contributed by atoms with Crippen molar-refractivity contribution in [1.82, 2.24) is 15.1 Å². The molecule has 31 heavy (non-hydrogen) atoms. The van der Waals surface area contributed by atoms with Crippen LogP contribution in [0.4, 0.5) is 10.1 Å². The Morgan fingerprint density at radius 2 is 1.84 bits per heavy atom. The molecular formula is C22H29FIN5OS. The Morgan fingerprint density at radius 1 is 1.10 bits per heavy atom. The van der Waals surface area contributed by atoms with E-state index in [9.17, 15) is 9.18 Å². The van der Waals surface area contributed by atoms with E-state index in [4.69, 9.17) is 0 Å². The zero-order valence-electron chi connectivity index (χ0n) is 17.7. The summed E-state index contributed by atoms with van der Waals surface area (Å²) in [7, 11) is 0. The second-order valence-electron chi connectivity index (χ2n) is 7.55. The number of guanidine groups is 1. The van der Waals surface area contributed by atoms with Gasteiger partial charge in [-0.05, 0) is 54.6 Å². The molecule has 0 saturated carbocycles. The third-order valence-corrected chi connectivity index (χ3v) is 6.65. The molecule has 1 aromatic heterocycles. The number of thiophene rings is 1. The lowest BCUT2D eigenvalue weighted by Gasteiger charge is -2.37. The summed E-state index contributed by atoms with van der Waals surface area (Å²) in [6.45, 7) is 7.70. The van der Waals surface area contributed by atoms with E-state index in [0.29, 0.717) is 6.54 Å². The Kier molecular flexibility index (Phi) is 8.53. The van der Waals surface area contributed by atoms with Crippen LogP contribution in [-0.2, 0) is 17.8 Å². The van der Waals surface area contributed by atoms with Gasteiger partial charge in [0.15, 0.2) is 5.96 Å². The molecule has 0 unspecified atom stereocenters. The molecule has 4 rings (SSSR count). The molecule has 1 saturated heterocycles. The van der Waals surface area contributed by atoms with Crippen molar-refractivity contribution in [2.75, 3.05) is 50.7 Å². The molecule has 2 aliphatic heterocycles. The van der Waals surface area contributed by atoms with E-state index < -0.39 is 0 Å². The van der Waals surface area contributed by atoms with Gasteiger partial charge in [0, 0.05) is 56.4 Å². The maximum Gasteiger partial charge on any atom is 0.244 e. The van der Waals surface area contributed by atoms with E-state index in [1.54, 1.807) is 11.3 Å². The van der Waals surface area contributed by atoms with Crippen molar-refractivity contribution in [1.29, 1.82) is 0 Å². The van der Waals surface area contributed by atoms with Gasteiger partial charge in [-0.25, -0.2) is 9.38 Å². The van der Waals surface area contributed by atoms with E-state index in [0.717, 1.165) is 57.3 Å². The van der Waals surface area contributed by atoms with Crippen molar-refractivity contribution < 1.29 is 9.18 Å². The molecule has 9 heteroatoms. The highest BCUT2D eigenvalue weighted by molar-refractivity contribution is 14.0. The molecule has 0 spiro atoms. The van der Waals surface area contributed by atoms with Crippen LogP contribution in [0, 0.1) is 5.82 Å². The van der Waals surface area contributed by atoms with Crippen molar-refractivity contribution in [3.05, 3.63) is 52.0 Å². The molecule has 1 N–H and O–H groups in total. The van der Waals surface area contributed by atoms with Crippen molar-refractivity contribution in [2.24, 2.45) is 4.99 Å². The minimum absolute atomic E-state index is 0. The highest BCUT2D eigenvalue weighted by atomic mass is 127. The zero-order chi connectivity index (χ0) is 20.9. The molecule has 0 bridgehead atoms. The van der Waals surface area contributed by atoms with E-state index in [1.807, 2.05) is 24.0 Å². The van der Waals surface area contributed by atoms with Crippen molar-refractivity contribution in [3.63, 3.8) is 0 Å². The molecule has 3 heterocycles. The van der Waals surface area contributed by atoms with Crippen molar-refractivity contribution in [3.8, 4) is 0 Å². The van der Waals surface area contributed by atoms with E-state index >= 15 is 0 Å². The average molecular weight is 557 g/mol. The van der Waals surface area contributed by atoms with Crippen LogP contribution in [-0.4, -0.2) is 67.5 Å². The highest BCUT2D eigenvalue weighted by Gasteiger charge is 2.23. The van der Waals surface area contributed by atoms with Crippen LogP contribution in [0.2, 0.25) is 0 Å². The number of carbonyl (C=O) groups is 1. The van der Waals surface area contributed by atoms with Gasteiger partial charge in [0.05, 0.1) is 0 Å². The number of amides is 1. The maximum atomic E-state index is 13.2. The minimum Gasteiger partial charge on any atom is -0.368 e. The number of hydrogen-bond donors (Lipinski definition) is 1. The van der Waals surface area contributed by atoms with Crippen molar-refractivity contribution in [2.45, 2.75) is 19.9 Å². The smallest absolute Gasteiger partial charge is 0.244 e. The Bertz CT molecular complexity index is 896. The van der Waals surface area contributed by atoms with E-state index in [2.05, 4.69) is 31.6 Å². The molecule has 2 aromatic rings. The van der Waals surface area contributed by atoms with Gasteiger partial charge < -0.3 is 20.0 Å². The first-order valence-electron chi connectivity index (χ1n) is 10.5. The fourth-order valence-corrected chi connectivity index (χ4v) is 4.85. The summed E-state index contributed by atoms with van der Waals surface area (Å²) >= 11 is 1.78. The highest BCUT2D eigenvalue weighted by Crippen LogP contribution is 2.24. The van der Waals surface area contributed by atoms with Crippen molar-refractivity contribution >= 4 is 52.9 Å². The van der Waals surface area contributed by atoms with Crippen LogP contribution in [0.5, 0.6) is 0 Å². The summed E-state index contributed by atoms with van der Waals surface area (Å²) in [6.07, 6.45) is 0.938. The number of carbonyl (C=O) groups excluding carboxylic acids is 1. The van der Waals surface area contributed by atoms with Gasteiger partial charge in [0.2, 0.25) is 5.91 Å². The van der Waals surface area contributed by atoms with Crippen LogP contribution in [0.25, 0.3) is 0 Å². The quantitative estimate of drug-likeness (QED) is 0.357. The third kappa shape index (κ3) is 5.88. The Balaban J connectivity index is 0.00000272. The topological polar surface area (TPSA) is 51.2 Å². The summed E-state index contributed by atoms with van der Waals surface area (Å²) in [6, 6.07) is 8.76. The Morgan fingerprint density at radius 3 is 2.55 bits per heavy atom. The SMILES string of the molecule is CCNC(=NCC(=O)N1CCc2sccc2C1)N1CCN(c2ccc(F)cc2)CC1.I. The second-order valence-corrected chi connectivity index (χ2v) is 8.56. The standard InChI is InChI=1S/C22H28FN5OS.HI/c1-2-24-22(25-15-21(29)28-9-7-20-17(16-28)8-14-30-20)27-12-10-26(11-13-27)19-5-3-18(23)4-6-19;/h3-6,8,14H,2,7,9-13,15-16H2,1H3,(H,24,25);1H. The van der Waals surface area contributed by atoms with Crippen LogP contribution < -0.4 is 10.2 Å². The number of benzene rings is 1. The Hall–Kier alpha value is -1.88. The fourth-order valence-electron chi connectivity index (χ4n) is 3.96. The zero-order valence-corrected chi connectivity index (χ0v) is 20.9. The van der Waals surface area contributed by atoms with Gasteiger partial charge in [0.1, 0.15) is 12.4 Å². The maximum absolute atomic E-state index is 13.2. The van der Waals surface area contributed by atoms with Gasteiger partial charge in [-0.15, -0.1) is 35.3 Å². The molecule has 6 nitrogen and oxygen atoms in total. The fraction of sp³-hybridized carbons (Fsp3) is 0.455. The van der Waals surface area contributed by atoms with Crippen LogP contribution in [0.15, 0.2) is 40.7 Å². The predicted molar refractivity (Wildman–Crippen MR) is 135 cm³/mol. The molecule has 0 aliphatic carbocycles. The average Bonchev–Trinajstić information content (AvgIpc) is 3.25. The monoisotopic (exact) mass is 557 g/mol. The summed E-state index contributed by atoms with van der Waals surface area (Å²) < 4.78 is 13.2. The molecule has 2 aliphatic rings. The lowest BCUT2D eigenvalue weighted by molar-refractivity contribution is -0.130. The number of piperazine rings is 1. The lowest BCUT2D eigenvalue weighted by atomic mass is 10.1. The minimum atomic E-state index is -0.215. The normalized spacial score (nSPS) is 16.6. The summed E-state index contributed by atoms with van der Waals surface area (Å²) in [4.78, 5) is 25.1. The van der Waals surface area contributed by atoms with Gasteiger partial charge >= 0.3 is 0 Å². The summed E-state index contributed by atoms with van der Waals surface area (Å²) in [5.74, 6) is 0.651. The largest absolute Gasteiger partial charge is 0.368 e. The summed E-state index contributed by atoms with van der Waals surface area (Å²) in [5, 5.41) is 5.43. The van der Waals surface area contributed by atoms with Crippen LogP contribution in [0.3, 0.4) is 0 Å². The number of aliphatic imine (C=N–C) groups is 1. The van der Waals surface area contributed by atoms with Gasteiger partial charge in [-0.2, -0.15) is 0 Å². The predicted octanol–water partition coefficient (Wildman–Crippen LogP) is 3.18. The summed E-state index contributed by atoms with van der Waals surface area (Å²) in [5.41, 5.74) is 2.30. The molecule has 1 aromatic carbocycles.